The Kier molecular flexibility index (Phi) is 5.74. The third-order valence-electron chi connectivity index (χ3n) is 3.36. The Bertz CT molecular complexity index is 453. The van der Waals surface area contributed by atoms with Crippen LogP contribution in [0.4, 0.5) is 0 Å². The van der Waals surface area contributed by atoms with E-state index < -0.39 is 5.60 Å². The molecule has 6 heteroatoms. The zero-order valence-electron chi connectivity index (χ0n) is 12.1. The Hall–Kier alpha value is -0.720. The van der Waals surface area contributed by atoms with Crippen LogP contribution in [0.3, 0.4) is 0 Å². The molecule has 0 radical (unpaired) electrons. The van der Waals surface area contributed by atoms with Crippen LogP contribution >= 0.6 is 23.1 Å². The van der Waals surface area contributed by atoms with Crippen molar-refractivity contribution in [1.82, 2.24) is 10.6 Å². The van der Waals surface area contributed by atoms with E-state index in [0.29, 0.717) is 13.1 Å². The molecule has 1 atom stereocenters. The molecule has 1 saturated heterocycles. The van der Waals surface area contributed by atoms with Crippen LogP contribution in [0.25, 0.3) is 0 Å². The van der Waals surface area contributed by atoms with Crippen LogP contribution < -0.4 is 10.6 Å². The van der Waals surface area contributed by atoms with Gasteiger partial charge in [0.1, 0.15) is 0 Å². The monoisotopic (exact) mass is 313 g/mol. The molecule has 1 unspecified atom stereocenters. The average Bonchev–Trinajstić information content (AvgIpc) is 3.03. The number of nitrogens with zero attached hydrogens (tertiary/aromatic N) is 1. The maximum absolute atomic E-state index is 10.3. The van der Waals surface area contributed by atoms with Crippen LogP contribution in [0, 0.1) is 6.92 Å². The summed E-state index contributed by atoms with van der Waals surface area (Å²) in [6.07, 6.45) is 0.855. The molecule has 0 spiro atoms. The topological polar surface area (TPSA) is 56.7 Å². The molecular weight excluding hydrogens is 290 g/mol. The minimum atomic E-state index is -0.584. The molecule has 0 bridgehead atoms. The summed E-state index contributed by atoms with van der Waals surface area (Å²) in [5, 5.41) is 18.9. The van der Waals surface area contributed by atoms with Gasteiger partial charge in [-0.05, 0) is 43.0 Å². The largest absolute Gasteiger partial charge is 0.387 e. The lowest BCUT2D eigenvalue weighted by atomic mass is 10.0. The fourth-order valence-corrected chi connectivity index (χ4v) is 4.17. The number of aryl methyl sites for hydroxylation is 1. The standard InChI is InChI=1S/C14H23N3OS2/c1-3-15-13(16-8-12-11(2)4-6-20-12)17-9-14(18)5-7-19-10-14/h4,6,18H,3,5,7-10H2,1-2H3,(H2,15,16,17). The molecule has 0 saturated carbocycles. The van der Waals surface area contributed by atoms with Crippen LogP contribution in [-0.2, 0) is 6.54 Å². The molecule has 1 aromatic heterocycles. The minimum absolute atomic E-state index is 0.565. The Morgan fingerprint density at radius 1 is 1.50 bits per heavy atom. The van der Waals surface area contributed by atoms with E-state index in [1.54, 1.807) is 11.3 Å². The van der Waals surface area contributed by atoms with E-state index >= 15 is 0 Å². The van der Waals surface area contributed by atoms with Crippen molar-refractivity contribution in [1.29, 1.82) is 0 Å². The first-order chi connectivity index (χ1) is 9.63. The molecule has 0 amide bonds. The maximum atomic E-state index is 10.3. The van der Waals surface area contributed by atoms with E-state index in [2.05, 4.69) is 34.0 Å². The van der Waals surface area contributed by atoms with Crippen molar-refractivity contribution in [3.05, 3.63) is 21.9 Å². The third-order valence-corrected chi connectivity index (χ3v) is 5.60. The Labute approximate surface area is 129 Å². The van der Waals surface area contributed by atoms with Crippen LogP contribution in [0.15, 0.2) is 16.4 Å². The summed E-state index contributed by atoms with van der Waals surface area (Å²) in [4.78, 5) is 5.88. The van der Waals surface area contributed by atoms with Crippen LogP contribution in [0.5, 0.6) is 0 Å². The second kappa shape index (κ2) is 7.33. The van der Waals surface area contributed by atoms with Crippen LogP contribution in [0.1, 0.15) is 23.8 Å². The van der Waals surface area contributed by atoms with Crippen LogP contribution in [-0.4, -0.2) is 41.3 Å². The van der Waals surface area contributed by atoms with Crippen LogP contribution in [0.2, 0.25) is 0 Å². The molecule has 1 fully saturated rings. The summed E-state index contributed by atoms with van der Waals surface area (Å²) in [6, 6.07) is 2.12. The van der Waals surface area contributed by atoms with Gasteiger partial charge in [0.25, 0.3) is 0 Å². The minimum Gasteiger partial charge on any atom is -0.387 e. The first-order valence-corrected chi connectivity index (χ1v) is 9.02. The zero-order chi connectivity index (χ0) is 14.4. The van der Waals surface area contributed by atoms with Crippen molar-refractivity contribution < 1.29 is 5.11 Å². The predicted molar refractivity (Wildman–Crippen MR) is 88.8 cm³/mol. The Balaban J connectivity index is 1.90. The van der Waals surface area contributed by atoms with Gasteiger partial charge >= 0.3 is 0 Å². The molecule has 0 aliphatic carbocycles. The van der Waals surface area contributed by atoms with Gasteiger partial charge in [-0.1, -0.05) is 0 Å². The summed E-state index contributed by atoms with van der Waals surface area (Å²) in [5.74, 6) is 2.63. The summed E-state index contributed by atoms with van der Waals surface area (Å²) in [6.45, 7) is 6.23. The van der Waals surface area contributed by atoms with Gasteiger partial charge in [-0.15, -0.1) is 11.3 Å². The van der Waals surface area contributed by atoms with Gasteiger partial charge in [0, 0.05) is 23.7 Å². The van der Waals surface area contributed by atoms with Gasteiger partial charge in [-0.2, -0.15) is 11.8 Å². The van der Waals surface area contributed by atoms with E-state index in [-0.39, 0.29) is 0 Å². The summed E-state index contributed by atoms with van der Waals surface area (Å²) in [5.41, 5.74) is 0.708. The molecule has 112 valence electrons. The number of aliphatic hydroxyl groups is 1. The number of nitrogens with one attached hydrogen (secondary N) is 2. The lowest BCUT2D eigenvalue weighted by molar-refractivity contribution is 0.0724. The molecule has 1 aliphatic heterocycles. The van der Waals surface area contributed by atoms with Crippen molar-refractivity contribution in [3.8, 4) is 0 Å². The fraction of sp³-hybridized carbons (Fsp3) is 0.643. The number of guanidine groups is 1. The highest BCUT2D eigenvalue weighted by molar-refractivity contribution is 7.99. The van der Waals surface area contributed by atoms with Gasteiger partial charge in [-0.25, -0.2) is 4.99 Å². The second-order valence-corrected chi connectivity index (χ2v) is 7.21. The van der Waals surface area contributed by atoms with Crippen molar-refractivity contribution in [2.45, 2.75) is 32.4 Å². The van der Waals surface area contributed by atoms with Gasteiger partial charge in [-0.3, -0.25) is 0 Å². The molecule has 4 nitrogen and oxygen atoms in total. The molecule has 3 N–H and O–H groups in total. The SMILES string of the molecule is CCNC(=NCc1sccc1C)NCC1(O)CCSC1. The quantitative estimate of drug-likeness (QED) is 0.575. The molecule has 1 aliphatic rings. The maximum Gasteiger partial charge on any atom is 0.191 e. The van der Waals surface area contributed by atoms with Crippen molar-refractivity contribution in [3.63, 3.8) is 0 Å². The van der Waals surface area contributed by atoms with E-state index in [0.717, 1.165) is 30.4 Å². The van der Waals surface area contributed by atoms with Gasteiger partial charge in [0.05, 0.1) is 12.1 Å². The van der Waals surface area contributed by atoms with Gasteiger partial charge < -0.3 is 15.7 Å². The van der Waals surface area contributed by atoms with Crippen molar-refractivity contribution in [2.75, 3.05) is 24.6 Å². The molecule has 2 heterocycles. The number of hydrogen-bond donors (Lipinski definition) is 3. The molecule has 1 aromatic rings. The zero-order valence-corrected chi connectivity index (χ0v) is 13.7. The van der Waals surface area contributed by atoms with E-state index in [1.807, 2.05) is 18.7 Å². The number of thiophene rings is 1. The highest BCUT2D eigenvalue weighted by Gasteiger charge is 2.31. The average molecular weight is 313 g/mol. The van der Waals surface area contributed by atoms with E-state index in [4.69, 9.17) is 0 Å². The molecule has 2 rings (SSSR count). The predicted octanol–water partition coefficient (Wildman–Crippen LogP) is 1.98. The highest BCUT2D eigenvalue weighted by atomic mass is 32.2. The van der Waals surface area contributed by atoms with Crippen molar-refractivity contribution >= 4 is 29.1 Å². The van der Waals surface area contributed by atoms with E-state index in [1.165, 1.54) is 10.4 Å². The Morgan fingerprint density at radius 3 is 2.95 bits per heavy atom. The number of hydrogen-bond acceptors (Lipinski definition) is 4. The number of thioether (sulfide) groups is 1. The summed E-state index contributed by atoms with van der Waals surface area (Å²) >= 11 is 3.55. The molecular formula is C14H23N3OS2. The lowest BCUT2D eigenvalue weighted by Gasteiger charge is -2.23. The fourth-order valence-electron chi connectivity index (χ4n) is 2.04. The second-order valence-electron chi connectivity index (χ2n) is 5.10. The smallest absolute Gasteiger partial charge is 0.191 e. The van der Waals surface area contributed by atoms with E-state index in [9.17, 15) is 5.11 Å². The van der Waals surface area contributed by atoms with Crippen molar-refractivity contribution in [2.24, 2.45) is 4.99 Å². The molecule has 20 heavy (non-hydrogen) atoms. The first kappa shape index (κ1) is 15.7. The number of rotatable bonds is 5. The Morgan fingerprint density at radius 2 is 2.35 bits per heavy atom. The summed E-state index contributed by atoms with van der Waals surface area (Å²) in [7, 11) is 0. The lowest BCUT2D eigenvalue weighted by Crippen LogP contribution is -2.47. The normalized spacial score (nSPS) is 23.1. The molecule has 0 aromatic carbocycles. The summed E-state index contributed by atoms with van der Waals surface area (Å²) < 4.78 is 0. The van der Waals surface area contributed by atoms with Gasteiger partial charge in [0.15, 0.2) is 5.96 Å². The van der Waals surface area contributed by atoms with Gasteiger partial charge in [0.2, 0.25) is 0 Å². The first-order valence-electron chi connectivity index (χ1n) is 6.98. The third kappa shape index (κ3) is 4.40. The number of aliphatic imine (C=N–C) groups is 1. The highest BCUT2D eigenvalue weighted by Crippen LogP contribution is 2.26.